The maximum absolute atomic E-state index is 12.4. The molecule has 1 aromatic heterocycles. The zero-order chi connectivity index (χ0) is 9.30. The third kappa shape index (κ3) is 1.91. The molecule has 0 radical (unpaired) electrons. The molecule has 0 aliphatic heterocycles. The van der Waals surface area contributed by atoms with E-state index in [1.807, 2.05) is 22.6 Å². The average Bonchev–Trinajstić information content (AvgIpc) is 1.82. The minimum atomic E-state index is -2.43. The second-order valence-corrected chi connectivity index (χ2v) is 3.71. The second kappa shape index (κ2) is 3.64. The summed E-state index contributed by atoms with van der Waals surface area (Å²) in [7, 11) is 0. The van der Waals surface area contributed by atoms with Crippen LogP contribution in [0.25, 0.3) is 0 Å². The minimum absolute atomic E-state index is 0.0567. The van der Waals surface area contributed by atoms with Crippen LogP contribution in [0.2, 0.25) is 0 Å². The average molecular weight is 283 g/mol. The summed E-state index contributed by atoms with van der Waals surface area (Å²) in [5.41, 5.74) is 1.26. The summed E-state index contributed by atoms with van der Waals surface area (Å²) in [4.78, 5) is 3.97. The Balaban J connectivity index is 3.28. The van der Waals surface area contributed by atoms with Crippen LogP contribution in [0.4, 0.5) is 8.78 Å². The highest BCUT2D eigenvalue weighted by Crippen LogP contribution is 2.26. The number of nitrogens with zero attached hydrogens (tertiary/aromatic N) is 1. The first-order chi connectivity index (χ1) is 5.52. The van der Waals surface area contributed by atoms with Gasteiger partial charge in [0.2, 0.25) is 0 Å². The maximum Gasteiger partial charge on any atom is 0.266 e. The van der Waals surface area contributed by atoms with Crippen LogP contribution in [0, 0.1) is 17.4 Å². The van der Waals surface area contributed by atoms with E-state index in [4.69, 9.17) is 0 Å². The quantitative estimate of drug-likeness (QED) is 0.721. The van der Waals surface area contributed by atoms with Crippen molar-refractivity contribution in [3.8, 4) is 0 Å². The second-order valence-electron chi connectivity index (χ2n) is 2.55. The lowest BCUT2D eigenvalue weighted by Gasteiger charge is -2.07. The fraction of sp³-hybridized carbons (Fsp3) is 0.375. The smallest absolute Gasteiger partial charge is 0.258 e. The maximum atomic E-state index is 12.4. The van der Waals surface area contributed by atoms with Crippen LogP contribution < -0.4 is 0 Å². The Morgan fingerprint density at radius 2 is 2.00 bits per heavy atom. The molecule has 0 atom stereocenters. The number of aryl methyl sites for hydroxylation is 2. The molecule has 66 valence electrons. The molecule has 1 heterocycles. The third-order valence-electron chi connectivity index (χ3n) is 1.54. The predicted molar refractivity (Wildman–Crippen MR) is 51.4 cm³/mol. The largest absolute Gasteiger partial charge is 0.266 e. The van der Waals surface area contributed by atoms with Crippen LogP contribution in [-0.2, 0) is 0 Å². The highest BCUT2D eigenvalue weighted by atomic mass is 127. The molecule has 0 unspecified atom stereocenters. The van der Waals surface area contributed by atoms with Gasteiger partial charge in [0.05, 0.1) is 5.56 Å². The van der Waals surface area contributed by atoms with Crippen molar-refractivity contribution in [3.63, 3.8) is 0 Å². The van der Waals surface area contributed by atoms with Crippen molar-refractivity contribution in [1.29, 1.82) is 0 Å². The zero-order valence-electron chi connectivity index (χ0n) is 6.74. The van der Waals surface area contributed by atoms with Crippen LogP contribution in [0.5, 0.6) is 0 Å². The van der Waals surface area contributed by atoms with Crippen molar-refractivity contribution in [2.24, 2.45) is 0 Å². The van der Waals surface area contributed by atoms with Crippen LogP contribution in [0.3, 0.4) is 0 Å². The van der Waals surface area contributed by atoms with Crippen LogP contribution >= 0.6 is 22.6 Å². The van der Waals surface area contributed by atoms with Gasteiger partial charge < -0.3 is 0 Å². The lowest BCUT2D eigenvalue weighted by Crippen LogP contribution is -1.98. The van der Waals surface area contributed by atoms with E-state index >= 15 is 0 Å². The predicted octanol–water partition coefficient (Wildman–Crippen LogP) is 3.24. The molecule has 12 heavy (non-hydrogen) atoms. The van der Waals surface area contributed by atoms with E-state index in [1.54, 1.807) is 19.9 Å². The Kier molecular flexibility index (Phi) is 2.98. The Morgan fingerprint density at radius 1 is 1.42 bits per heavy atom. The molecule has 0 fully saturated rings. The summed E-state index contributed by atoms with van der Waals surface area (Å²) in [6.07, 6.45) is -2.43. The first-order valence-corrected chi connectivity index (χ1v) is 4.52. The van der Waals surface area contributed by atoms with Crippen molar-refractivity contribution in [2.75, 3.05) is 0 Å². The van der Waals surface area contributed by atoms with Gasteiger partial charge in [0.15, 0.2) is 0 Å². The number of hydrogen-bond acceptors (Lipinski definition) is 1. The van der Waals surface area contributed by atoms with Gasteiger partial charge in [0.1, 0.15) is 0 Å². The fourth-order valence-electron chi connectivity index (χ4n) is 1.05. The molecule has 0 N–H and O–H groups in total. The molecule has 0 aromatic carbocycles. The van der Waals surface area contributed by atoms with E-state index in [1.165, 1.54) is 0 Å². The number of hydrogen-bond donors (Lipinski definition) is 0. The van der Waals surface area contributed by atoms with E-state index in [2.05, 4.69) is 4.98 Å². The normalized spacial score (nSPS) is 10.8. The summed E-state index contributed by atoms with van der Waals surface area (Å²) in [6.45, 7) is 3.40. The molecule has 1 nitrogen and oxygen atoms in total. The molecular weight excluding hydrogens is 275 g/mol. The van der Waals surface area contributed by atoms with E-state index in [-0.39, 0.29) is 5.56 Å². The van der Waals surface area contributed by atoms with Crippen LogP contribution in [0.1, 0.15) is 23.4 Å². The third-order valence-corrected chi connectivity index (χ3v) is 2.44. The highest BCUT2D eigenvalue weighted by molar-refractivity contribution is 14.1. The molecule has 0 saturated carbocycles. The molecule has 0 aliphatic carbocycles. The first kappa shape index (κ1) is 9.83. The van der Waals surface area contributed by atoms with Crippen molar-refractivity contribution in [3.05, 3.63) is 26.6 Å². The van der Waals surface area contributed by atoms with Crippen LogP contribution in [-0.4, -0.2) is 4.98 Å². The van der Waals surface area contributed by atoms with E-state index in [9.17, 15) is 8.78 Å². The molecule has 0 amide bonds. The standard InChI is InChI=1S/C8H8F2IN/c1-4-3-6(11)7(8(9)10)5(2)12-4/h3,8H,1-2H3. The zero-order valence-corrected chi connectivity index (χ0v) is 8.89. The Bertz CT molecular complexity index is 276. The Morgan fingerprint density at radius 3 is 2.42 bits per heavy atom. The van der Waals surface area contributed by atoms with Crippen LogP contribution in [0.15, 0.2) is 6.07 Å². The number of aromatic nitrogens is 1. The summed E-state index contributed by atoms with van der Waals surface area (Å²) >= 11 is 1.91. The monoisotopic (exact) mass is 283 g/mol. The lowest BCUT2D eigenvalue weighted by atomic mass is 10.2. The number of pyridine rings is 1. The fourth-order valence-corrected chi connectivity index (χ4v) is 2.13. The number of alkyl halides is 2. The molecule has 4 heteroatoms. The van der Waals surface area contributed by atoms with E-state index in [0.29, 0.717) is 9.26 Å². The summed E-state index contributed by atoms with van der Waals surface area (Å²) < 4.78 is 25.3. The van der Waals surface area contributed by atoms with Crippen molar-refractivity contribution < 1.29 is 8.78 Å². The van der Waals surface area contributed by atoms with Gasteiger partial charge in [-0.3, -0.25) is 4.98 Å². The van der Waals surface area contributed by atoms with Gasteiger partial charge in [0.25, 0.3) is 6.43 Å². The summed E-state index contributed by atoms with van der Waals surface area (Å²) in [6, 6.07) is 1.66. The van der Waals surface area contributed by atoms with E-state index < -0.39 is 6.43 Å². The molecule has 0 aliphatic rings. The van der Waals surface area contributed by atoms with Gasteiger partial charge in [0, 0.05) is 15.0 Å². The van der Waals surface area contributed by atoms with Gasteiger partial charge >= 0.3 is 0 Å². The molecule has 0 saturated heterocycles. The Labute approximate surface area is 83.3 Å². The van der Waals surface area contributed by atoms with Crippen molar-refractivity contribution in [2.45, 2.75) is 20.3 Å². The molecule has 0 spiro atoms. The van der Waals surface area contributed by atoms with Gasteiger partial charge in [-0.05, 0) is 42.5 Å². The first-order valence-electron chi connectivity index (χ1n) is 3.44. The van der Waals surface area contributed by atoms with Gasteiger partial charge in [-0.25, -0.2) is 8.78 Å². The van der Waals surface area contributed by atoms with Gasteiger partial charge in [-0.1, -0.05) is 0 Å². The van der Waals surface area contributed by atoms with Crippen molar-refractivity contribution >= 4 is 22.6 Å². The number of rotatable bonds is 1. The van der Waals surface area contributed by atoms with Gasteiger partial charge in [-0.15, -0.1) is 0 Å². The minimum Gasteiger partial charge on any atom is -0.258 e. The molecule has 1 rings (SSSR count). The highest BCUT2D eigenvalue weighted by Gasteiger charge is 2.15. The Hall–Kier alpha value is -0.260. The lowest BCUT2D eigenvalue weighted by molar-refractivity contribution is 0.149. The van der Waals surface area contributed by atoms with E-state index in [0.717, 1.165) is 5.69 Å². The SMILES string of the molecule is Cc1cc(I)c(C(F)F)c(C)n1. The summed E-state index contributed by atoms with van der Waals surface area (Å²) in [5, 5.41) is 0. The molecule has 1 aromatic rings. The molecular formula is C8H8F2IN. The summed E-state index contributed by atoms with van der Waals surface area (Å²) in [5.74, 6) is 0. The molecule has 0 bridgehead atoms. The van der Waals surface area contributed by atoms with Crippen molar-refractivity contribution in [1.82, 2.24) is 4.98 Å². The number of halogens is 3. The van der Waals surface area contributed by atoms with Gasteiger partial charge in [-0.2, -0.15) is 0 Å². The topological polar surface area (TPSA) is 12.9 Å².